The molecule has 4 nitrogen and oxygen atoms in total. The molecular weight excluding hydrogens is 214 g/mol. The Bertz CT molecular complexity index is 413. The van der Waals surface area contributed by atoms with Crippen molar-refractivity contribution < 1.29 is 4.52 Å². The molecule has 0 aromatic carbocycles. The predicted molar refractivity (Wildman–Crippen MR) is 64.3 cm³/mol. The summed E-state index contributed by atoms with van der Waals surface area (Å²) in [5.74, 6) is 3.67. The van der Waals surface area contributed by atoms with Crippen molar-refractivity contribution >= 4 is 0 Å². The Hall–Kier alpha value is -0.900. The van der Waals surface area contributed by atoms with Gasteiger partial charge in [0.1, 0.15) is 0 Å². The molecule has 4 heteroatoms. The van der Waals surface area contributed by atoms with Crippen molar-refractivity contribution in [2.24, 2.45) is 17.6 Å². The van der Waals surface area contributed by atoms with Crippen molar-refractivity contribution in [3.8, 4) is 0 Å². The summed E-state index contributed by atoms with van der Waals surface area (Å²) in [6.07, 6.45) is 6.14. The molecule has 2 saturated carbocycles. The lowest BCUT2D eigenvalue weighted by Crippen LogP contribution is -2.33. The zero-order valence-electron chi connectivity index (χ0n) is 10.6. The van der Waals surface area contributed by atoms with Crippen LogP contribution < -0.4 is 5.73 Å². The number of hydrogen-bond acceptors (Lipinski definition) is 4. The molecule has 1 heterocycles. The highest BCUT2D eigenvalue weighted by atomic mass is 16.5. The largest absolute Gasteiger partial charge is 0.339 e. The second-order valence-corrected chi connectivity index (χ2v) is 6.01. The minimum Gasteiger partial charge on any atom is -0.339 e. The van der Waals surface area contributed by atoms with Crippen LogP contribution in [0.4, 0.5) is 0 Å². The summed E-state index contributed by atoms with van der Waals surface area (Å²) in [6, 6.07) is 0. The van der Waals surface area contributed by atoms with Crippen LogP contribution in [-0.4, -0.2) is 10.1 Å². The molecule has 0 spiro atoms. The Morgan fingerprint density at radius 3 is 2.82 bits per heavy atom. The summed E-state index contributed by atoms with van der Waals surface area (Å²) < 4.78 is 5.45. The molecule has 4 atom stereocenters. The molecule has 2 bridgehead atoms. The first-order valence-corrected chi connectivity index (χ1v) is 6.73. The van der Waals surface area contributed by atoms with Crippen LogP contribution in [0.5, 0.6) is 0 Å². The molecule has 17 heavy (non-hydrogen) atoms. The van der Waals surface area contributed by atoms with E-state index in [9.17, 15) is 0 Å². The molecule has 3 rings (SSSR count). The van der Waals surface area contributed by atoms with E-state index < -0.39 is 5.54 Å². The predicted octanol–water partition coefficient (Wildman–Crippen LogP) is 2.56. The fraction of sp³-hybridized carbons (Fsp3) is 0.846. The smallest absolute Gasteiger partial charge is 0.230 e. The van der Waals surface area contributed by atoms with Gasteiger partial charge >= 0.3 is 0 Å². The van der Waals surface area contributed by atoms with Crippen molar-refractivity contribution in [3.05, 3.63) is 11.7 Å². The quantitative estimate of drug-likeness (QED) is 0.874. The first-order chi connectivity index (χ1) is 8.10. The number of nitrogens with two attached hydrogens (primary N) is 1. The van der Waals surface area contributed by atoms with E-state index in [1.807, 2.05) is 13.8 Å². The van der Waals surface area contributed by atoms with E-state index in [1.54, 1.807) is 0 Å². The molecule has 1 aromatic heterocycles. The number of rotatable bonds is 3. The minimum absolute atomic E-state index is 0.459. The maximum absolute atomic E-state index is 6.14. The zero-order chi connectivity index (χ0) is 12.0. The molecule has 0 amide bonds. The highest BCUT2D eigenvalue weighted by Crippen LogP contribution is 2.52. The average Bonchev–Trinajstić information content (AvgIpc) is 3.03. The lowest BCUT2D eigenvalue weighted by Gasteiger charge is -2.18. The molecular formula is C13H21N3O. The maximum Gasteiger partial charge on any atom is 0.230 e. The third kappa shape index (κ3) is 1.79. The lowest BCUT2D eigenvalue weighted by atomic mass is 9.89. The summed E-state index contributed by atoms with van der Waals surface area (Å²) in [6.45, 7) is 4.01. The van der Waals surface area contributed by atoms with Crippen LogP contribution in [0.15, 0.2) is 4.52 Å². The molecule has 2 fully saturated rings. The summed E-state index contributed by atoms with van der Waals surface area (Å²) >= 11 is 0. The van der Waals surface area contributed by atoms with Gasteiger partial charge in [-0.3, -0.25) is 0 Å². The zero-order valence-corrected chi connectivity index (χ0v) is 10.6. The SMILES string of the molecule is CCC(C)(N)c1noc(C2CC3CCC2C3)n1. The van der Waals surface area contributed by atoms with E-state index in [-0.39, 0.29) is 0 Å². The first kappa shape index (κ1) is 11.2. The average molecular weight is 235 g/mol. The second-order valence-electron chi connectivity index (χ2n) is 6.01. The maximum atomic E-state index is 6.14. The molecule has 0 aliphatic heterocycles. The highest BCUT2D eigenvalue weighted by molar-refractivity contribution is 5.08. The Labute approximate surface area is 102 Å². The molecule has 2 aliphatic carbocycles. The van der Waals surface area contributed by atoms with Crippen LogP contribution in [0.3, 0.4) is 0 Å². The van der Waals surface area contributed by atoms with E-state index >= 15 is 0 Å². The normalized spacial score (nSPS) is 35.1. The molecule has 0 saturated heterocycles. The van der Waals surface area contributed by atoms with Gasteiger partial charge in [0.25, 0.3) is 0 Å². The van der Waals surface area contributed by atoms with E-state index in [2.05, 4.69) is 10.1 Å². The lowest BCUT2D eigenvalue weighted by molar-refractivity contribution is 0.296. The first-order valence-electron chi connectivity index (χ1n) is 6.73. The van der Waals surface area contributed by atoms with Gasteiger partial charge < -0.3 is 10.3 Å². The Morgan fingerprint density at radius 1 is 1.41 bits per heavy atom. The summed E-state index contributed by atoms with van der Waals surface area (Å²) in [5.41, 5.74) is 5.68. The van der Waals surface area contributed by atoms with E-state index in [4.69, 9.17) is 10.3 Å². The third-order valence-corrected chi connectivity index (χ3v) is 4.74. The minimum atomic E-state index is -0.459. The van der Waals surface area contributed by atoms with Gasteiger partial charge in [0.2, 0.25) is 5.89 Å². The Kier molecular flexibility index (Phi) is 2.51. The van der Waals surface area contributed by atoms with Crippen LogP contribution in [0.1, 0.15) is 63.6 Å². The van der Waals surface area contributed by atoms with Gasteiger partial charge in [-0.1, -0.05) is 18.5 Å². The fourth-order valence-corrected chi connectivity index (χ4v) is 3.32. The monoisotopic (exact) mass is 235 g/mol. The Balaban J connectivity index is 1.81. The number of nitrogens with zero attached hydrogens (tertiary/aromatic N) is 2. The van der Waals surface area contributed by atoms with Crippen LogP contribution in [0, 0.1) is 11.8 Å². The molecule has 2 aliphatic rings. The van der Waals surface area contributed by atoms with E-state index in [0.29, 0.717) is 11.7 Å². The fourth-order valence-electron chi connectivity index (χ4n) is 3.32. The van der Waals surface area contributed by atoms with Crippen molar-refractivity contribution in [1.82, 2.24) is 10.1 Å². The molecule has 94 valence electrons. The van der Waals surface area contributed by atoms with Crippen LogP contribution >= 0.6 is 0 Å². The number of aromatic nitrogens is 2. The standard InChI is InChI=1S/C13H21N3O/c1-3-13(2,14)12-15-11(17-16-12)10-7-8-4-5-9(10)6-8/h8-10H,3-7,14H2,1-2H3. The third-order valence-electron chi connectivity index (χ3n) is 4.74. The van der Waals surface area contributed by atoms with Gasteiger partial charge in [-0.25, -0.2) is 0 Å². The van der Waals surface area contributed by atoms with Gasteiger partial charge in [-0.15, -0.1) is 0 Å². The van der Waals surface area contributed by atoms with Gasteiger partial charge in [-0.2, -0.15) is 4.98 Å². The van der Waals surface area contributed by atoms with Crippen LogP contribution in [0.2, 0.25) is 0 Å². The molecule has 0 radical (unpaired) electrons. The summed E-state index contributed by atoms with van der Waals surface area (Å²) in [7, 11) is 0. The topological polar surface area (TPSA) is 64.9 Å². The highest BCUT2D eigenvalue weighted by Gasteiger charge is 2.43. The number of hydrogen-bond donors (Lipinski definition) is 1. The molecule has 4 unspecified atom stereocenters. The summed E-state index contributed by atoms with van der Waals surface area (Å²) in [4.78, 5) is 4.55. The second kappa shape index (κ2) is 3.80. The van der Waals surface area contributed by atoms with Gasteiger partial charge in [0, 0.05) is 5.92 Å². The Morgan fingerprint density at radius 2 is 2.24 bits per heavy atom. The van der Waals surface area contributed by atoms with E-state index in [1.165, 1.54) is 25.7 Å². The van der Waals surface area contributed by atoms with Gasteiger partial charge in [0.05, 0.1) is 5.54 Å². The van der Waals surface area contributed by atoms with Gasteiger partial charge in [-0.05, 0) is 44.4 Å². The molecule has 2 N–H and O–H groups in total. The van der Waals surface area contributed by atoms with Gasteiger partial charge in [0.15, 0.2) is 5.82 Å². The van der Waals surface area contributed by atoms with Crippen molar-refractivity contribution in [1.29, 1.82) is 0 Å². The van der Waals surface area contributed by atoms with Crippen LogP contribution in [-0.2, 0) is 5.54 Å². The van der Waals surface area contributed by atoms with Crippen molar-refractivity contribution in [3.63, 3.8) is 0 Å². The van der Waals surface area contributed by atoms with Crippen LogP contribution in [0.25, 0.3) is 0 Å². The number of fused-ring (bicyclic) bond motifs is 2. The summed E-state index contributed by atoms with van der Waals surface area (Å²) in [5, 5.41) is 4.08. The van der Waals surface area contributed by atoms with E-state index in [0.717, 1.165) is 24.1 Å². The molecule has 1 aromatic rings. The van der Waals surface area contributed by atoms with Crippen molar-refractivity contribution in [2.75, 3.05) is 0 Å². The van der Waals surface area contributed by atoms with Crippen molar-refractivity contribution in [2.45, 2.75) is 57.4 Å².